The van der Waals surface area contributed by atoms with E-state index >= 15 is 4.39 Å². The molecule has 2 atom stereocenters. The quantitative estimate of drug-likeness (QED) is 0.244. The summed E-state index contributed by atoms with van der Waals surface area (Å²) >= 11 is 0. The highest BCUT2D eigenvalue weighted by atomic mass is 19.4. The van der Waals surface area contributed by atoms with E-state index in [0.717, 1.165) is 29.2 Å². The molecule has 0 saturated carbocycles. The molecule has 51 heavy (non-hydrogen) atoms. The van der Waals surface area contributed by atoms with Crippen LogP contribution in [0.2, 0.25) is 0 Å². The van der Waals surface area contributed by atoms with Crippen molar-refractivity contribution in [2.75, 3.05) is 19.6 Å². The number of likely N-dealkylation sites (tertiary alicyclic amines) is 1. The van der Waals surface area contributed by atoms with Crippen molar-refractivity contribution in [3.05, 3.63) is 91.9 Å². The van der Waals surface area contributed by atoms with Gasteiger partial charge in [0.25, 0.3) is 5.56 Å². The Labute approximate surface area is 292 Å². The van der Waals surface area contributed by atoms with E-state index < -0.39 is 65.5 Å². The molecule has 0 radical (unpaired) electrons. The summed E-state index contributed by atoms with van der Waals surface area (Å²) in [6.45, 7) is 4.02. The van der Waals surface area contributed by atoms with E-state index in [4.69, 9.17) is 0 Å². The molecule has 1 aromatic heterocycles. The molecule has 0 aliphatic carbocycles. The number of rotatable bonds is 7. The Balaban J connectivity index is 1.57. The molecule has 5 rings (SSSR count). The predicted octanol–water partition coefficient (Wildman–Crippen LogP) is 7.79. The van der Waals surface area contributed by atoms with Crippen molar-refractivity contribution >= 4 is 11.9 Å². The maximum Gasteiger partial charge on any atom is 0.416 e. The van der Waals surface area contributed by atoms with Gasteiger partial charge in [0.15, 0.2) is 0 Å². The van der Waals surface area contributed by atoms with Gasteiger partial charge in [-0.25, -0.2) is 13.2 Å². The van der Waals surface area contributed by atoms with E-state index in [-0.39, 0.29) is 49.0 Å². The van der Waals surface area contributed by atoms with Gasteiger partial charge in [-0.1, -0.05) is 25.7 Å². The summed E-state index contributed by atoms with van der Waals surface area (Å²) in [5.74, 6) is -3.34. The van der Waals surface area contributed by atoms with Crippen molar-refractivity contribution in [1.29, 1.82) is 0 Å². The van der Waals surface area contributed by atoms with E-state index in [1.54, 1.807) is 17.9 Å². The molecule has 1 saturated heterocycles. The van der Waals surface area contributed by atoms with Gasteiger partial charge < -0.3 is 15.0 Å². The molecule has 0 spiro atoms. The monoisotopic (exact) mass is 719 g/mol. The van der Waals surface area contributed by atoms with Gasteiger partial charge in [-0.15, -0.1) is 0 Å². The third-order valence-corrected chi connectivity index (χ3v) is 9.89. The number of carbonyl (C=O) groups is 2. The van der Waals surface area contributed by atoms with Crippen molar-refractivity contribution in [2.24, 2.45) is 0 Å². The zero-order valence-electron chi connectivity index (χ0n) is 28.7. The van der Waals surface area contributed by atoms with Crippen LogP contribution in [0.5, 0.6) is 0 Å². The number of halogens is 6. The molecule has 0 unspecified atom stereocenters. The number of pyridine rings is 1. The minimum Gasteiger partial charge on any atom is -0.481 e. The third-order valence-electron chi connectivity index (χ3n) is 9.89. The second-order valence-corrected chi connectivity index (χ2v) is 13.9. The highest BCUT2D eigenvalue weighted by Gasteiger charge is 2.36. The van der Waals surface area contributed by atoms with Gasteiger partial charge in [-0.2, -0.15) is 13.2 Å². The van der Waals surface area contributed by atoms with E-state index in [1.165, 1.54) is 25.1 Å². The summed E-state index contributed by atoms with van der Waals surface area (Å²) in [5.41, 5.74) is 0.231. The van der Waals surface area contributed by atoms with Crippen LogP contribution >= 0.6 is 0 Å². The summed E-state index contributed by atoms with van der Waals surface area (Å²) in [4.78, 5) is 41.3. The average Bonchev–Trinajstić information content (AvgIpc) is 3.02. The number of nitrogens with one attached hydrogen (secondary N) is 1. The number of aromatic nitrogens is 1. The molecule has 2 aromatic carbocycles. The van der Waals surface area contributed by atoms with Crippen LogP contribution in [0.15, 0.2) is 41.3 Å². The van der Waals surface area contributed by atoms with Crippen molar-refractivity contribution in [3.63, 3.8) is 0 Å². The third kappa shape index (κ3) is 9.22. The van der Waals surface area contributed by atoms with Gasteiger partial charge in [0.05, 0.1) is 18.0 Å². The molecule has 2 aliphatic rings. The van der Waals surface area contributed by atoms with Crippen LogP contribution in [0.25, 0.3) is 11.1 Å². The summed E-state index contributed by atoms with van der Waals surface area (Å²) in [7, 11) is 0. The number of aliphatic carboxylic acids is 1. The number of aryl methyl sites for hydroxylation is 4. The lowest BCUT2D eigenvalue weighted by Gasteiger charge is -2.34. The van der Waals surface area contributed by atoms with Crippen LogP contribution in [0.4, 0.5) is 26.3 Å². The van der Waals surface area contributed by atoms with Gasteiger partial charge in [0.2, 0.25) is 5.91 Å². The van der Waals surface area contributed by atoms with Gasteiger partial charge in [-0.3, -0.25) is 19.3 Å². The Hall–Kier alpha value is -4.13. The lowest BCUT2D eigenvalue weighted by Crippen LogP contribution is -2.48. The number of hydrogen-bond acceptors (Lipinski definition) is 4. The molecular formula is C38H43F6N3O4. The topological polar surface area (TPSA) is 91.6 Å². The van der Waals surface area contributed by atoms with E-state index in [9.17, 15) is 41.4 Å². The van der Waals surface area contributed by atoms with Crippen LogP contribution in [-0.4, -0.2) is 52.3 Å². The molecular weight excluding hydrogens is 676 g/mol. The molecule has 13 heteroatoms. The Bertz CT molecular complexity index is 1820. The highest BCUT2D eigenvalue weighted by Crippen LogP contribution is 2.36. The number of hydrogen-bond donors (Lipinski definition) is 2. The SMILES string of the molecule is Cc1cc2cc(c1F)[C@H](CC(=O)O)NC(=O)[C@@H](n1cc(CCCN3CC(F)C3)c(C(F)(F)F)cc1=O)CCCCCCCc1cc(F)cc(C)c1-2. The normalized spacial score (nSPS) is 19.6. The Morgan fingerprint density at radius 3 is 2.35 bits per heavy atom. The first-order valence-corrected chi connectivity index (χ1v) is 17.4. The maximum atomic E-state index is 15.9. The van der Waals surface area contributed by atoms with Crippen LogP contribution in [0, 0.1) is 25.5 Å². The van der Waals surface area contributed by atoms with E-state index in [2.05, 4.69) is 5.32 Å². The van der Waals surface area contributed by atoms with Gasteiger partial charge in [0, 0.05) is 30.9 Å². The van der Waals surface area contributed by atoms with Crippen LogP contribution in [0.1, 0.15) is 96.8 Å². The molecule has 1 fully saturated rings. The average molecular weight is 720 g/mol. The number of carbonyl (C=O) groups excluding carboxylic acids is 1. The van der Waals surface area contributed by atoms with Gasteiger partial charge in [0.1, 0.15) is 23.8 Å². The fraction of sp³-hybridized carbons (Fsp3) is 0.500. The van der Waals surface area contributed by atoms with Crippen molar-refractivity contribution in [2.45, 2.75) is 102 Å². The lowest BCUT2D eigenvalue weighted by molar-refractivity contribution is -0.139. The standard InChI is InChI=1S/C38H43F6N3O4/c1-22-14-27(39)15-24-9-6-4-3-5-7-11-32(37(51)45-31(18-34(49)50)29-16-26(35(22)24)13-23(2)36(29)41)47-19-25(10-8-12-46-20-28(40)21-46)30(17-33(47)48)38(42,43)44/h13-17,19,28,31-32H,3-12,18,20-21H2,1-2H3,(H,45,51)(H,49,50)/t31-,32-/m0/s1. The number of nitrogens with zero attached hydrogens (tertiary/aromatic N) is 2. The number of fused-ring (bicyclic) bond motifs is 4. The first kappa shape index (κ1) is 38.1. The molecule has 276 valence electrons. The second kappa shape index (κ2) is 16.0. The highest BCUT2D eigenvalue weighted by molar-refractivity contribution is 5.82. The van der Waals surface area contributed by atoms with Gasteiger partial charge in [-0.05, 0) is 110 Å². The summed E-state index contributed by atoms with van der Waals surface area (Å²) in [6, 6.07) is 3.62. The molecule has 3 aromatic rings. The van der Waals surface area contributed by atoms with Crippen molar-refractivity contribution in [3.8, 4) is 11.1 Å². The van der Waals surface area contributed by atoms with Crippen LogP contribution < -0.4 is 10.9 Å². The van der Waals surface area contributed by atoms with Gasteiger partial charge >= 0.3 is 12.1 Å². The fourth-order valence-corrected chi connectivity index (χ4v) is 7.36. The molecule has 7 nitrogen and oxygen atoms in total. The minimum absolute atomic E-state index is 0.0524. The zero-order valence-corrected chi connectivity index (χ0v) is 28.7. The molecule has 2 N–H and O–H groups in total. The van der Waals surface area contributed by atoms with Crippen LogP contribution in [0.3, 0.4) is 0 Å². The predicted molar refractivity (Wildman–Crippen MR) is 180 cm³/mol. The molecule has 1 amide bonds. The number of amides is 1. The Kier molecular flexibility index (Phi) is 12.0. The minimum atomic E-state index is -4.84. The summed E-state index contributed by atoms with van der Waals surface area (Å²) in [5, 5.41) is 12.5. The number of carboxylic acids is 1. The first-order valence-electron chi connectivity index (χ1n) is 17.4. The summed E-state index contributed by atoms with van der Waals surface area (Å²) in [6.07, 6.45) is -1.46. The smallest absolute Gasteiger partial charge is 0.416 e. The fourth-order valence-electron chi connectivity index (χ4n) is 7.36. The molecule has 2 aliphatic heterocycles. The second-order valence-electron chi connectivity index (χ2n) is 13.9. The lowest BCUT2D eigenvalue weighted by atomic mass is 9.88. The van der Waals surface area contributed by atoms with Crippen molar-refractivity contribution < 1.29 is 41.0 Å². The molecule has 3 heterocycles. The first-order chi connectivity index (χ1) is 24.1. The Morgan fingerprint density at radius 1 is 0.961 bits per heavy atom. The van der Waals surface area contributed by atoms with Crippen LogP contribution in [-0.2, 0) is 28.6 Å². The maximum absolute atomic E-state index is 15.9. The van der Waals surface area contributed by atoms with E-state index in [1.807, 2.05) is 0 Å². The summed E-state index contributed by atoms with van der Waals surface area (Å²) < 4.78 is 87.1. The zero-order chi connectivity index (χ0) is 37.0. The number of benzene rings is 2. The number of carboxylic acid groups (broad SMARTS) is 1. The van der Waals surface area contributed by atoms with Crippen molar-refractivity contribution in [1.82, 2.24) is 14.8 Å². The van der Waals surface area contributed by atoms with E-state index in [0.29, 0.717) is 55.0 Å². The number of alkyl halides is 4. The molecule has 2 bridgehead atoms. The largest absolute Gasteiger partial charge is 0.481 e. The Morgan fingerprint density at radius 2 is 1.67 bits per heavy atom.